The molecule has 1 saturated heterocycles. The van der Waals surface area contributed by atoms with Gasteiger partial charge in [0.1, 0.15) is 0 Å². The SMILES string of the molecule is CC(NCCC(=O)NC(C)(C)C)C1CCCN(C)C1. The summed E-state index contributed by atoms with van der Waals surface area (Å²) in [5, 5.41) is 6.49. The summed E-state index contributed by atoms with van der Waals surface area (Å²) in [5.41, 5.74) is -0.130. The summed E-state index contributed by atoms with van der Waals surface area (Å²) in [6.07, 6.45) is 3.15. The molecule has 0 bridgehead atoms. The molecule has 1 heterocycles. The molecule has 0 spiro atoms. The van der Waals surface area contributed by atoms with Crippen LogP contribution < -0.4 is 10.6 Å². The molecule has 1 rings (SSSR count). The van der Waals surface area contributed by atoms with Crippen molar-refractivity contribution in [2.45, 2.75) is 58.5 Å². The zero-order valence-corrected chi connectivity index (χ0v) is 13.3. The van der Waals surface area contributed by atoms with Crippen molar-refractivity contribution in [3.8, 4) is 0 Å². The average Bonchev–Trinajstić information content (AvgIpc) is 2.26. The maximum absolute atomic E-state index is 11.7. The normalized spacial score (nSPS) is 23.1. The summed E-state index contributed by atoms with van der Waals surface area (Å²) in [7, 11) is 2.19. The molecule has 0 aromatic heterocycles. The van der Waals surface area contributed by atoms with E-state index in [0.29, 0.717) is 18.4 Å². The fourth-order valence-corrected chi connectivity index (χ4v) is 2.68. The number of nitrogens with one attached hydrogen (secondary N) is 2. The van der Waals surface area contributed by atoms with E-state index < -0.39 is 0 Å². The Labute approximate surface area is 118 Å². The van der Waals surface area contributed by atoms with Gasteiger partial charge in [-0.15, -0.1) is 0 Å². The monoisotopic (exact) mass is 269 g/mol. The van der Waals surface area contributed by atoms with Crippen molar-refractivity contribution in [2.75, 3.05) is 26.7 Å². The predicted octanol–water partition coefficient (Wildman–Crippen LogP) is 1.61. The lowest BCUT2D eigenvalue weighted by atomic mass is 9.92. The maximum atomic E-state index is 11.7. The first-order valence-electron chi connectivity index (χ1n) is 7.51. The van der Waals surface area contributed by atoms with Gasteiger partial charge in [0.25, 0.3) is 0 Å². The van der Waals surface area contributed by atoms with Gasteiger partial charge in [-0.2, -0.15) is 0 Å². The van der Waals surface area contributed by atoms with Crippen LogP contribution in [0.2, 0.25) is 0 Å². The summed E-state index contributed by atoms with van der Waals surface area (Å²) in [4.78, 5) is 14.1. The van der Waals surface area contributed by atoms with Crippen LogP contribution in [0.25, 0.3) is 0 Å². The van der Waals surface area contributed by atoms with Crippen LogP contribution in [0.1, 0.15) is 47.0 Å². The number of rotatable bonds is 5. The van der Waals surface area contributed by atoms with Crippen LogP contribution in [0.15, 0.2) is 0 Å². The van der Waals surface area contributed by atoms with E-state index >= 15 is 0 Å². The third-order valence-corrected chi connectivity index (χ3v) is 3.70. The van der Waals surface area contributed by atoms with Crippen LogP contribution in [0.5, 0.6) is 0 Å². The molecule has 0 aromatic rings. The highest BCUT2D eigenvalue weighted by Crippen LogP contribution is 2.18. The Morgan fingerprint density at radius 2 is 2.11 bits per heavy atom. The van der Waals surface area contributed by atoms with Gasteiger partial charge in [0.15, 0.2) is 0 Å². The van der Waals surface area contributed by atoms with E-state index in [4.69, 9.17) is 0 Å². The van der Waals surface area contributed by atoms with Crippen molar-refractivity contribution in [2.24, 2.45) is 5.92 Å². The Morgan fingerprint density at radius 1 is 1.42 bits per heavy atom. The van der Waals surface area contributed by atoms with Gasteiger partial charge in [0.05, 0.1) is 0 Å². The average molecular weight is 269 g/mol. The Balaban J connectivity index is 2.19. The minimum absolute atomic E-state index is 0.130. The minimum Gasteiger partial charge on any atom is -0.351 e. The third kappa shape index (κ3) is 6.92. The van der Waals surface area contributed by atoms with E-state index in [-0.39, 0.29) is 11.4 Å². The number of carbonyl (C=O) groups is 1. The van der Waals surface area contributed by atoms with Gasteiger partial charge >= 0.3 is 0 Å². The molecule has 1 aliphatic heterocycles. The molecule has 2 N–H and O–H groups in total. The molecule has 1 amide bonds. The number of carbonyl (C=O) groups excluding carboxylic acids is 1. The second-order valence-electron chi connectivity index (χ2n) is 6.96. The third-order valence-electron chi connectivity index (χ3n) is 3.70. The molecule has 2 atom stereocenters. The van der Waals surface area contributed by atoms with E-state index in [2.05, 4.69) is 29.5 Å². The minimum atomic E-state index is -0.130. The lowest BCUT2D eigenvalue weighted by Crippen LogP contribution is -2.45. The van der Waals surface area contributed by atoms with Gasteiger partial charge in [0.2, 0.25) is 5.91 Å². The van der Waals surface area contributed by atoms with E-state index in [0.717, 1.165) is 6.54 Å². The first kappa shape index (κ1) is 16.4. The number of hydrogen-bond acceptors (Lipinski definition) is 3. The molecule has 1 fully saturated rings. The molecule has 0 aliphatic carbocycles. The number of amides is 1. The van der Waals surface area contributed by atoms with Crippen molar-refractivity contribution < 1.29 is 4.79 Å². The van der Waals surface area contributed by atoms with E-state index in [1.165, 1.54) is 25.9 Å². The summed E-state index contributed by atoms with van der Waals surface area (Å²) in [5.74, 6) is 0.845. The predicted molar refractivity (Wildman–Crippen MR) is 80.2 cm³/mol. The maximum Gasteiger partial charge on any atom is 0.221 e. The van der Waals surface area contributed by atoms with Gasteiger partial charge in [-0.3, -0.25) is 4.79 Å². The fourth-order valence-electron chi connectivity index (χ4n) is 2.68. The van der Waals surface area contributed by atoms with Gasteiger partial charge in [-0.1, -0.05) is 0 Å². The highest BCUT2D eigenvalue weighted by atomic mass is 16.1. The lowest BCUT2D eigenvalue weighted by Gasteiger charge is -2.34. The Hall–Kier alpha value is -0.610. The molecule has 2 unspecified atom stereocenters. The van der Waals surface area contributed by atoms with Crippen molar-refractivity contribution >= 4 is 5.91 Å². The topological polar surface area (TPSA) is 44.4 Å². The van der Waals surface area contributed by atoms with Crippen LogP contribution in [0.3, 0.4) is 0 Å². The highest BCUT2D eigenvalue weighted by molar-refractivity contribution is 5.76. The van der Waals surface area contributed by atoms with Crippen LogP contribution >= 0.6 is 0 Å². The van der Waals surface area contributed by atoms with Crippen LogP contribution in [-0.2, 0) is 4.79 Å². The lowest BCUT2D eigenvalue weighted by molar-refractivity contribution is -0.122. The highest BCUT2D eigenvalue weighted by Gasteiger charge is 2.22. The molecule has 0 aromatic carbocycles. The quantitative estimate of drug-likeness (QED) is 0.797. The van der Waals surface area contributed by atoms with E-state index in [1.54, 1.807) is 0 Å². The molecular formula is C15H31N3O. The smallest absolute Gasteiger partial charge is 0.221 e. The second kappa shape index (κ2) is 7.25. The van der Waals surface area contributed by atoms with E-state index in [9.17, 15) is 4.79 Å². The molecule has 112 valence electrons. The second-order valence-corrected chi connectivity index (χ2v) is 6.96. The Bertz CT molecular complexity index is 286. The van der Waals surface area contributed by atoms with Crippen molar-refractivity contribution in [1.29, 1.82) is 0 Å². The molecule has 0 saturated carbocycles. The van der Waals surface area contributed by atoms with Crippen molar-refractivity contribution in [3.05, 3.63) is 0 Å². The number of piperidine rings is 1. The van der Waals surface area contributed by atoms with Gasteiger partial charge < -0.3 is 15.5 Å². The molecular weight excluding hydrogens is 238 g/mol. The standard InChI is InChI=1S/C15H31N3O/c1-12(13-7-6-10-18(5)11-13)16-9-8-14(19)17-15(2,3)4/h12-13,16H,6-11H2,1-5H3,(H,17,19). The van der Waals surface area contributed by atoms with Crippen LogP contribution in [-0.4, -0.2) is 49.1 Å². The number of nitrogens with zero attached hydrogens (tertiary/aromatic N) is 1. The fraction of sp³-hybridized carbons (Fsp3) is 0.933. The summed E-state index contributed by atoms with van der Waals surface area (Å²) in [6.45, 7) is 11.4. The first-order valence-corrected chi connectivity index (χ1v) is 7.51. The number of hydrogen-bond donors (Lipinski definition) is 2. The molecule has 4 nitrogen and oxygen atoms in total. The zero-order chi connectivity index (χ0) is 14.5. The number of likely N-dealkylation sites (tertiary alicyclic amines) is 1. The van der Waals surface area contributed by atoms with Gasteiger partial charge in [-0.05, 0) is 60.0 Å². The molecule has 19 heavy (non-hydrogen) atoms. The van der Waals surface area contributed by atoms with Crippen molar-refractivity contribution in [3.63, 3.8) is 0 Å². The van der Waals surface area contributed by atoms with Gasteiger partial charge in [-0.25, -0.2) is 0 Å². The van der Waals surface area contributed by atoms with Gasteiger partial charge in [0, 0.05) is 31.1 Å². The van der Waals surface area contributed by atoms with Crippen LogP contribution in [0, 0.1) is 5.92 Å². The summed E-state index contributed by atoms with van der Waals surface area (Å²) >= 11 is 0. The van der Waals surface area contributed by atoms with E-state index in [1.807, 2.05) is 20.8 Å². The Morgan fingerprint density at radius 3 is 2.68 bits per heavy atom. The largest absolute Gasteiger partial charge is 0.351 e. The molecule has 0 radical (unpaired) electrons. The zero-order valence-electron chi connectivity index (χ0n) is 13.3. The summed E-state index contributed by atoms with van der Waals surface area (Å²) in [6, 6.07) is 0.491. The first-order chi connectivity index (χ1) is 8.78. The molecule has 1 aliphatic rings. The molecule has 4 heteroatoms. The Kier molecular flexibility index (Phi) is 6.27. The van der Waals surface area contributed by atoms with Crippen LogP contribution in [0.4, 0.5) is 0 Å². The van der Waals surface area contributed by atoms with Crippen molar-refractivity contribution in [1.82, 2.24) is 15.5 Å². The summed E-state index contributed by atoms with van der Waals surface area (Å²) < 4.78 is 0.